The molecule has 200 valence electrons. The molecule has 2 aliphatic rings. The van der Waals surface area contributed by atoms with Crippen LogP contribution in [-0.2, 0) is 20.6 Å². The maximum Gasteiger partial charge on any atom is 0.119 e. The molecule has 0 radical (unpaired) electrons. The summed E-state index contributed by atoms with van der Waals surface area (Å²) in [5.41, 5.74) is 2.99. The van der Waals surface area contributed by atoms with Crippen LogP contribution in [0.4, 0.5) is 0 Å². The van der Waals surface area contributed by atoms with Gasteiger partial charge in [-0.2, -0.15) is 0 Å². The van der Waals surface area contributed by atoms with Gasteiger partial charge in [-0.1, -0.05) is 39.7 Å². The van der Waals surface area contributed by atoms with Gasteiger partial charge >= 0.3 is 0 Å². The van der Waals surface area contributed by atoms with Crippen molar-refractivity contribution in [2.24, 2.45) is 17.8 Å². The normalized spacial score (nSPS) is 24.1. The van der Waals surface area contributed by atoms with Gasteiger partial charge in [0.2, 0.25) is 0 Å². The number of aryl methyl sites for hydroxylation is 1. The molecule has 1 aromatic carbocycles. The van der Waals surface area contributed by atoms with Crippen LogP contribution in [0.25, 0.3) is 0 Å². The summed E-state index contributed by atoms with van der Waals surface area (Å²) >= 11 is 0. The lowest BCUT2D eigenvalue weighted by atomic mass is 9.67. The Balaban J connectivity index is 1.35. The van der Waals surface area contributed by atoms with E-state index in [9.17, 15) is 5.11 Å². The molecule has 1 fully saturated rings. The highest BCUT2D eigenvalue weighted by molar-refractivity contribution is 5.40. The summed E-state index contributed by atoms with van der Waals surface area (Å²) in [5.74, 6) is 3.67. The molecular formula is C30H50O5. The van der Waals surface area contributed by atoms with Gasteiger partial charge in [-0.3, -0.25) is 0 Å². The Morgan fingerprint density at radius 2 is 1.63 bits per heavy atom. The third-order valence-corrected chi connectivity index (χ3v) is 7.78. The summed E-state index contributed by atoms with van der Waals surface area (Å²) in [6.07, 6.45) is 10.4. The zero-order valence-electron chi connectivity index (χ0n) is 22.5. The molecule has 0 spiro atoms. The summed E-state index contributed by atoms with van der Waals surface area (Å²) in [6, 6.07) is 6.73. The summed E-state index contributed by atoms with van der Waals surface area (Å²) < 4.78 is 22.8. The molecule has 0 heterocycles. The van der Waals surface area contributed by atoms with Crippen LogP contribution in [0, 0.1) is 17.8 Å². The maximum atomic E-state index is 10.1. The molecule has 1 saturated carbocycles. The van der Waals surface area contributed by atoms with Crippen molar-refractivity contribution < 1.29 is 24.1 Å². The van der Waals surface area contributed by atoms with Gasteiger partial charge in [-0.15, -0.1) is 0 Å². The topological polar surface area (TPSA) is 57.2 Å². The minimum Gasteiger partial charge on any atom is -0.491 e. The van der Waals surface area contributed by atoms with E-state index in [4.69, 9.17) is 18.9 Å². The van der Waals surface area contributed by atoms with E-state index in [2.05, 4.69) is 39.0 Å². The number of unbranched alkanes of at least 4 members (excludes halogenated alkanes) is 1. The lowest BCUT2D eigenvalue weighted by molar-refractivity contribution is 0.00788. The Morgan fingerprint density at radius 1 is 0.914 bits per heavy atom. The summed E-state index contributed by atoms with van der Waals surface area (Å²) in [5, 5.41) is 10.1. The molecule has 4 atom stereocenters. The number of hydrogen-bond acceptors (Lipinski definition) is 5. The van der Waals surface area contributed by atoms with Crippen molar-refractivity contribution in [2.75, 3.05) is 46.2 Å². The average molecular weight is 491 g/mol. The van der Waals surface area contributed by atoms with Crippen molar-refractivity contribution in [3.05, 3.63) is 29.3 Å². The number of fused-ring (bicyclic) bond motifs is 1. The smallest absolute Gasteiger partial charge is 0.119 e. The van der Waals surface area contributed by atoms with Crippen LogP contribution in [0.15, 0.2) is 18.2 Å². The standard InChI is InChI=1S/C30H50O5/c1-4-5-6-30-28(24-7-9-26(31)21-24)11-8-25-22-27(10-12-29(25)30)35-20-19-34-18-17-33-16-15-32-14-13-23(2)3/h10,12,22-24,26,28,30-31H,4-9,11,13-21H2,1-3H3/t24-,26+,28+,30+/m1/s1. The van der Waals surface area contributed by atoms with Crippen LogP contribution in [0.1, 0.15) is 89.2 Å². The van der Waals surface area contributed by atoms with Gasteiger partial charge in [0.05, 0.1) is 39.1 Å². The van der Waals surface area contributed by atoms with Gasteiger partial charge in [0.15, 0.2) is 0 Å². The summed E-state index contributed by atoms with van der Waals surface area (Å²) in [6.45, 7) is 11.1. The number of hydrogen-bond donors (Lipinski definition) is 1. The second-order valence-corrected chi connectivity index (χ2v) is 10.9. The van der Waals surface area contributed by atoms with Crippen LogP contribution in [0.2, 0.25) is 0 Å². The third-order valence-electron chi connectivity index (χ3n) is 7.78. The van der Waals surface area contributed by atoms with Gasteiger partial charge in [0, 0.05) is 6.61 Å². The fourth-order valence-corrected chi connectivity index (χ4v) is 5.82. The van der Waals surface area contributed by atoms with Gasteiger partial charge in [0.25, 0.3) is 0 Å². The van der Waals surface area contributed by atoms with E-state index in [-0.39, 0.29) is 6.10 Å². The van der Waals surface area contributed by atoms with E-state index in [1.54, 1.807) is 0 Å². The van der Waals surface area contributed by atoms with Crippen molar-refractivity contribution in [3.8, 4) is 5.75 Å². The fraction of sp³-hybridized carbons (Fsp3) is 0.800. The first-order valence-electron chi connectivity index (χ1n) is 14.2. The highest BCUT2D eigenvalue weighted by atomic mass is 16.6. The van der Waals surface area contributed by atoms with E-state index in [1.165, 1.54) is 43.2 Å². The Hall–Kier alpha value is -1.14. The molecule has 0 amide bonds. The molecule has 5 heteroatoms. The highest BCUT2D eigenvalue weighted by Crippen LogP contribution is 2.48. The molecule has 2 aliphatic carbocycles. The third kappa shape index (κ3) is 9.68. The van der Waals surface area contributed by atoms with Crippen molar-refractivity contribution in [3.63, 3.8) is 0 Å². The molecule has 0 aromatic heterocycles. The maximum absolute atomic E-state index is 10.1. The van der Waals surface area contributed by atoms with Gasteiger partial charge in [-0.25, -0.2) is 0 Å². The largest absolute Gasteiger partial charge is 0.491 e. The van der Waals surface area contributed by atoms with Crippen molar-refractivity contribution in [1.82, 2.24) is 0 Å². The molecular weight excluding hydrogens is 440 g/mol. The highest BCUT2D eigenvalue weighted by Gasteiger charge is 2.37. The number of aliphatic hydroxyl groups excluding tert-OH is 1. The molecule has 5 nitrogen and oxygen atoms in total. The number of benzene rings is 1. The minimum atomic E-state index is -0.0774. The Kier molecular flexibility index (Phi) is 12.9. The van der Waals surface area contributed by atoms with Crippen LogP contribution in [0.5, 0.6) is 5.75 Å². The zero-order chi connectivity index (χ0) is 24.9. The van der Waals surface area contributed by atoms with Gasteiger partial charge in [-0.05, 0) is 91.9 Å². The van der Waals surface area contributed by atoms with Crippen LogP contribution in [-0.4, -0.2) is 57.5 Å². The summed E-state index contributed by atoms with van der Waals surface area (Å²) in [7, 11) is 0. The van der Waals surface area contributed by atoms with Gasteiger partial charge < -0.3 is 24.1 Å². The SMILES string of the molecule is CCCC[C@@H]1c2ccc(OCCOCCOCCOCCC(C)C)cc2CC[C@H]1[C@@H]1CC[C@H](O)C1. The van der Waals surface area contributed by atoms with Crippen LogP contribution in [0.3, 0.4) is 0 Å². The molecule has 35 heavy (non-hydrogen) atoms. The number of aliphatic hydroxyl groups is 1. The van der Waals surface area contributed by atoms with E-state index < -0.39 is 0 Å². The Bertz CT molecular complexity index is 706. The number of rotatable bonds is 17. The van der Waals surface area contributed by atoms with E-state index in [1.807, 2.05) is 0 Å². The second-order valence-electron chi connectivity index (χ2n) is 10.9. The predicted octanol–water partition coefficient (Wildman–Crippen LogP) is 6.16. The van der Waals surface area contributed by atoms with Crippen molar-refractivity contribution in [1.29, 1.82) is 0 Å². The van der Waals surface area contributed by atoms with Crippen molar-refractivity contribution >= 4 is 0 Å². The first-order chi connectivity index (χ1) is 17.1. The molecule has 1 aromatic rings. The van der Waals surface area contributed by atoms with E-state index in [0.717, 1.165) is 44.0 Å². The van der Waals surface area contributed by atoms with E-state index in [0.29, 0.717) is 57.4 Å². The predicted molar refractivity (Wildman–Crippen MR) is 141 cm³/mol. The summed E-state index contributed by atoms with van der Waals surface area (Å²) in [4.78, 5) is 0. The lowest BCUT2D eigenvalue weighted by Crippen LogP contribution is -2.27. The molecule has 3 rings (SSSR count). The Labute approximate surface area is 213 Å². The van der Waals surface area contributed by atoms with Crippen molar-refractivity contribution in [2.45, 2.75) is 90.6 Å². The molecule has 0 aliphatic heterocycles. The molecule has 0 saturated heterocycles. The molecule has 0 bridgehead atoms. The minimum absolute atomic E-state index is 0.0774. The molecule has 0 unspecified atom stereocenters. The van der Waals surface area contributed by atoms with E-state index >= 15 is 0 Å². The lowest BCUT2D eigenvalue weighted by Gasteiger charge is -2.38. The van der Waals surface area contributed by atoms with Gasteiger partial charge in [0.1, 0.15) is 12.4 Å². The Morgan fingerprint density at radius 3 is 2.29 bits per heavy atom. The fourth-order valence-electron chi connectivity index (χ4n) is 5.82. The van der Waals surface area contributed by atoms with Crippen LogP contribution >= 0.6 is 0 Å². The first-order valence-corrected chi connectivity index (χ1v) is 14.2. The number of ether oxygens (including phenoxy) is 4. The monoisotopic (exact) mass is 490 g/mol. The average Bonchev–Trinajstić information content (AvgIpc) is 3.28. The quantitative estimate of drug-likeness (QED) is 0.265. The first kappa shape index (κ1) is 28.4. The van der Waals surface area contributed by atoms with Crippen LogP contribution < -0.4 is 4.74 Å². The second kappa shape index (κ2) is 15.9. The molecule has 1 N–H and O–H groups in total. The zero-order valence-corrected chi connectivity index (χ0v) is 22.5.